The molecular formula is C22H28NO3PS2. The van der Waals surface area contributed by atoms with E-state index in [2.05, 4.69) is 14.6 Å². The zero-order valence-electron chi connectivity index (χ0n) is 16.4. The van der Waals surface area contributed by atoms with Crippen LogP contribution in [0.1, 0.15) is 32.1 Å². The van der Waals surface area contributed by atoms with E-state index in [9.17, 15) is 14.7 Å². The van der Waals surface area contributed by atoms with Gasteiger partial charge in [-0.05, 0) is 49.7 Å². The Labute approximate surface area is 183 Å². The molecule has 0 saturated carbocycles. The smallest absolute Gasteiger partial charge is 0.303 e. The Morgan fingerprint density at radius 2 is 1.41 bits per heavy atom. The molecule has 2 aromatic carbocycles. The minimum absolute atomic E-state index is 0.0190. The zero-order chi connectivity index (χ0) is 21.0. The van der Waals surface area contributed by atoms with Crippen LogP contribution in [0.4, 0.5) is 0 Å². The lowest BCUT2D eigenvalue weighted by Crippen LogP contribution is -2.29. The Morgan fingerprint density at radius 3 is 1.90 bits per heavy atom. The fraction of sp³-hybridized carbons (Fsp3) is 0.364. The number of carboxylic acids is 1. The quantitative estimate of drug-likeness (QED) is 0.188. The third kappa shape index (κ3) is 9.24. The van der Waals surface area contributed by atoms with E-state index in [-0.39, 0.29) is 12.3 Å². The molecule has 0 bridgehead atoms. The molecule has 1 amide bonds. The highest BCUT2D eigenvalue weighted by molar-refractivity contribution is 8.18. The van der Waals surface area contributed by atoms with Gasteiger partial charge in [0, 0.05) is 29.2 Å². The van der Waals surface area contributed by atoms with Gasteiger partial charge >= 0.3 is 5.97 Å². The van der Waals surface area contributed by atoms with Crippen LogP contribution in [0.25, 0.3) is 0 Å². The summed E-state index contributed by atoms with van der Waals surface area (Å²) in [5.41, 5.74) is 0. The summed E-state index contributed by atoms with van der Waals surface area (Å²) in [4.78, 5) is 25.9. The average molecular weight is 450 g/mol. The first-order valence-corrected chi connectivity index (χ1v) is 12.1. The summed E-state index contributed by atoms with van der Waals surface area (Å²) < 4.78 is -0.445. The fourth-order valence-corrected chi connectivity index (χ4v) is 5.99. The second kappa shape index (κ2) is 12.9. The van der Waals surface area contributed by atoms with Crippen LogP contribution in [0, 0.1) is 0 Å². The number of benzene rings is 2. The molecule has 2 N–H and O–H groups in total. The molecule has 0 fully saturated rings. The Hall–Kier alpha value is -1.49. The van der Waals surface area contributed by atoms with Gasteiger partial charge in [0.15, 0.2) is 0 Å². The standard InChI is InChI=1S/C22H28NO3PS2/c24-20(23-16-7-17-27)12-14-22(15-13-21(25)26,28-18-8-3-1-4-9-18)29-19-10-5-2-6-11-19/h1-6,8-11H,7,12-17,27H2,(H,23,24)(H,25,26). The van der Waals surface area contributed by atoms with Crippen LogP contribution in [-0.4, -0.2) is 33.8 Å². The zero-order valence-corrected chi connectivity index (χ0v) is 19.2. The predicted molar refractivity (Wildman–Crippen MR) is 126 cm³/mol. The Bertz CT molecular complexity index is 718. The third-order valence-electron chi connectivity index (χ3n) is 4.25. The highest BCUT2D eigenvalue weighted by atomic mass is 32.2. The predicted octanol–water partition coefficient (Wildman–Crippen LogP) is 5.29. The molecule has 0 aliphatic rings. The van der Waals surface area contributed by atoms with Gasteiger partial charge in [-0.3, -0.25) is 9.59 Å². The van der Waals surface area contributed by atoms with Crippen molar-refractivity contribution in [1.82, 2.24) is 5.32 Å². The van der Waals surface area contributed by atoms with Crippen molar-refractivity contribution in [2.45, 2.75) is 46.0 Å². The van der Waals surface area contributed by atoms with E-state index in [1.165, 1.54) is 0 Å². The van der Waals surface area contributed by atoms with Gasteiger partial charge < -0.3 is 10.4 Å². The number of hydrogen-bond acceptors (Lipinski definition) is 4. The second-order valence-corrected chi connectivity index (χ2v) is 10.4. The maximum atomic E-state index is 12.4. The maximum absolute atomic E-state index is 12.4. The van der Waals surface area contributed by atoms with Crippen molar-refractivity contribution in [3.63, 3.8) is 0 Å². The molecule has 0 aliphatic heterocycles. The molecule has 0 aromatic heterocycles. The Balaban J connectivity index is 2.22. The molecule has 0 heterocycles. The molecule has 1 atom stereocenters. The van der Waals surface area contributed by atoms with Crippen molar-refractivity contribution < 1.29 is 14.7 Å². The monoisotopic (exact) mass is 449 g/mol. The van der Waals surface area contributed by atoms with Crippen molar-refractivity contribution >= 4 is 44.6 Å². The fourth-order valence-electron chi connectivity index (χ4n) is 2.78. The first kappa shape index (κ1) is 23.8. The SMILES string of the molecule is O=C(O)CCC(CCC(=O)NCCCP)(Sc1ccccc1)Sc1ccccc1. The van der Waals surface area contributed by atoms with E-state index in [0.717, 1.165) is 22.4 Å². The van der Waals surface area contributed by atoms with Gasteiger partial charge in [0.2, 0.25) is 5.91 Å². The number of carboxylic acid groups (broad SMARTS) is 1. The van der Waals surface area contributed by atoms with Crippen LogP contribution in [0.15, 0.2) is 70.5 Å². The number of amides is 1. The number of hydrogen-bond donors (Lipinski definition) is 2. The molecular weight excluding hydrogens is 421 g/mol. The molecule has 0 saturated heterocycles. The van der Waals surface area contributed by atoms with Crippen LogP contribution in [0.3, 0.4) is 0 Å². The molecule has 2 aromatic rings. The van der Waals surface area contributed by atoms with E-state index in [1.807, 2.05) is 60.7 Å². The molecule has 0 radical (unpaired) electrons. The van der Waals surface area contributed by atoms with Crippen LogP contribution in [0.5, 0.6) is 0 Å². The summed E-state index contributed by atoms with van der Waals surface area (Å²) in [7, 11) is 2.66. The van der Waals surface area contributed by atoms with E-state index < -0.39 is 10.0 Å². The topological polar surface area (TPSA) is 66.4 Å². The number of carbonyl (C=O) groups is 2. The lowest BCUT2D eigenvalue weighted by Gasteiger charge is -2.32. The number of carbonyl (C=O) groups excluding carboxylic acids is 1. The normalized spacial score (nSPS) is 11.2. The molecule has 29 heavy (non-hydrogen) atoms. The van der Waals surface area contributed by atoms with Gasteiger partial charge in [-0.1, -0.05) is 36.4 Å². The van der Waals surface area contributed by atoms with Gasteiger partial charge in [-0.2, -0.15) is 0 Å². The molecule has 156 valence electrons. The van der Waals surface area contributed by atoms with E-state index in [4.69, 9.17) is 0 Å². The summed E-state index contributed by atoms with van der Waals surface area (Å²) in [5, 5.41) is 12.3. The summed E-state index contributed by atoms with van der Waals surface area (Å²) in [6.07, 6.45) is 3.38. The summed E-state index contributed by atoms with van der Waals surface area (Å²) in [5.74, 6) is -0.799. The lowest BCUT2D eigenvalue weighted by atomic mass is 10.1. The Morgan fingerprint density at radius 1 is 0.897 bits per heavy atom. The van der Waals surface area contributed by atoms with Crippen molar-refractivity contribution in [3.05, 3.63) is 60.7 Å². The average Bonchev–Trinajstić information content (AvgIpc) is 2.72. The lowest BCUT2D eigenvalue weighted by molar-refractivity contribution is -0.137. The van der Waals surface area contributed by atoms with Gasteiger partial charge in [0.05, 0.1) is 4.08 Å². The van der Waals surface area contributed by atoms with Crippen LogP contribution < -0.4 is 5.32 Å². The van der Waals surface area contributed by atoms with Gasteiger partial charge in [-0.25, -0.2) is 0 Å². The number of rotatable bonds is 13. The highest BCUT2D eigenvalue weighted by Gasteiger charge is 2.34. The largest absolute Gasteiger partial charge is 0.481 e. The summed E-state index contributed by atoms with van der Waals surface area (Å²) in [6, 6.07) is 20.0. The van der Waals surface area contributed by atoms with E-state index >= 15 is 0 Å². The molecule has 0 spiro atoms. The molecule has 4 nitrogen and oxygen atoms in total. The molecule has 7 heteroatoms. The Kier molecular flexibility index (Phi) is 10.6. The van der Waals surface area contributed by atoms with Crippen molar-refractivity contribution in [1.29, 1.82) is 0 Å². The maximum Gasteiger partial charge on any atom is 0.303 e. The van der Waals surface area contributed by atoms with Gasteiger partial charge in [0.25, 0.3) is 0 Å². The second-order valence-electron chi connectivity index (χ2n) is 6.63. The van der Waals surface area contributed by atoms with Gasteiger partial charge in [0.1, 0.15) is 0 Å². The van der Waals surface area contributed by atoms with Crippen molar-refractivity contribution in [3.8, 4) is 0 Å². The van der Waals surface area contributed by atoms with Crippen LogP contribution in [0.2, 0.25) is 0 Å². The van der Waals surface area contributed by atoms with Gasteiger partial charge in [-0.15, -0.1) is 32.8 Å². The van der Waals surface area contributed by atoms with Crippen LogP contribution >= 0.6 is 32.8 Å². The summed E-state index contributed by atoms with van der Waals surface area (Å²) in [6.45, 7) is 0.669. The number of nitrogens with one attached hydrogen (secondary N) is 1. The van der Waals surface area contributed by atoms with Crippen molar-refractivity contribution in [2.75, 3.05) is 12.7 Å². The number of aliphatic carboxylic acids is 1. The highest BCUT2D eigenvalue weighted by Crippen LogP contribution is 2.51. The molecule has 0 aliphatic carbocycles. The van der Waals surface area contributed by atoms with E-state index in [0.29, 0.717) is 25.8 Å². The first-order valence-electron chi connectivity index (χ1n) is 9.70. The van der Waals surface area contributed by atoms with E-state index in [1.54, 1.807) is 23.5 Å². The molecule has 1 unspecified atom stereocenters. The third-order valence-corrected chi connectivity index (χ3v) is 7.73. The molecule has 2 rings (SSSR count). The first-order chi connectivity index (χ1) is 14.0. The minimum atomic E-state index is -0.818. The summed E-state index contributed by atoms with van der Waals surface area (Å²) >= 11 is 3.32. The number of thioether (sulfide) groups is 2. The van der Waals surface area contributed by atoms with Crippen LogP contribution in [-0.2, 0) is 9.59 Å². The van der Waals surface area contributed by atoms with Crippen molar-refractivity contribution in [2.24, 2.45) is 0 Å². The minimum Gasteiger partial charge on any atom is -0.481 e.